The largest absolute Gasteiger partial charge is 0.337 e. The SMILES string of the molecule is CSc1ccc(C(=O)N(C)Cc2cccc(Br)c2)cc1. The van der Waals surface area contributed by atoms with Gasteiger partial charge in [-0.05, 0) is 48.2 Å². The van der Waals surface area contributed by atoms with Crippen molar-refractivity contribution >= 4 is 33.6 Å². The Labute approximate surface area is 132 Å². The molecule has 0 heterocycles. The molecular weight excluding hydrogens is 334 g/mol. The van der Waals surface area contributed by atoms with Crippen molar-refractivity contribution < 1.29 is 4.79 Å². The van der Waals surface area contributed by atoms with E-state index in [4.69, 9.17) is 0 Å². The third kappa shape index (κ3) is 3.87. The maximum atomic E-state index is 12.3. The lowest BCUT2D eigenvalue weighted by molar-refractivity contribution is 0.0785. The molecule has 0 saturated heterocycles. The molecule has 0 aliphatic carbocycles. The van der Waals surface area contributed by atoms with E-state index in [-0.39, 0.29) is 5.91 Å². The summed E-state index contributed by atoms with van der Waals surface area (Å²) >= 11 is 5.12. The van der Waals surface area contributed by atoms with E-state index in [0.29, 0.717) is 6.54 Å². The van der Waals surface area contributed by atoms with Gasteiger partial charge >= 0.3 is 0 Å². The molecule has 0 aliphatic heterocycles. The first-order chi connectivity index (χ1) is 9.60. The highest BCUT2D eigenvalue weighted by molar-refractivity contribution is 9.10. The van der Waals surface area contributed by atoms with Crippen LogP contribution >= 0.6 is 27.7 Å². The van der Waals surface area contributed by atoms with Crippen molar-refractivity contribution in [1.29, 1.82) is 0 Å². The summed E-state index contributed by atoms with van der Waals surface area (Å²) in [6, 6.07) is 15.7. The van der Waals surface area contributed by atoms with E-state index >= 15 is 0 Å². The number of hydrogen-bond acceptors (Lipinski definition) is 2. The molecule has 1 amide bonds. The minimum Gasteiger partial charge on any atom is -0.337 e. The molecule has 0 aliphatic rings. The topological polar surface area (TPSA) is 20.3 Å². The van der Waals surface area contributed by atoms with Crippen molar-refractivity contribution in [2.24, 2.45) is 0 Å². The monoisotopic (exact) mass is 349 g/mol. The number of halogens is 1. The highest BCUT2D eigenvalue weighted by Crippen LogP contribution is 2.17. The lowest BCUT2D eigenvalue weighted by Gasteiger charge is -2.17. The zero-order chi connectivity index (χ0) is 14.5. The van der Waals surface area contributed by atoms with Gasteiger partial charge in [0, 0.05) is 28.5 Å². The smallest absolute Gasteiger partial charge is 0.253 e. The van der Waals surface area contributed by atoms with Gasteiger partial charge in [-0.3, -0.25) is 4.79 Å². The number of benzene rings is 2. The molecular formula is C16H16BrNOS. The Morgan fingerprint density at radius 2 is 1.90 bits per heavy atom. The molecule has 0 N–H and O–H groups in total. The van der Waals surface area contributed by atoms with E-state index in [1.807, 2.05) is 61.8 Å². The van der Waals surface area contributed by atoms with Gasteiger partial charge in [0.05, 0.1) is 0 Å². The Hall–Kier alpha value is -1.26. The van der Waals surface area contributed by atoms with Gasteiger partial charge in [0.15, 0.2) is 0 Å². The second kappa shape index (κ2) is 6.95. The minimum atomic E-state index is 0.0395. The Kier molecular flexibility index (Phi) is 5.26. The number of nitrogens with zero attached hydrogens (tertiary/aromatic N) is 1. The fraction of sp³-hybridized carbons (Fsp3) is 0.188. The molecule has 20 heavy (non-hydrogen) atoms. The fourth-order valence-electron chi connectivity index (χ4n) is 1.93. The molecule has 0 spiro atoms. The molecule has 2 aromatic carbocycles. The lowest BCUT2D eigenvalue weighted by atomic mass is 10.1. The number of carbonyl (C=O) groups is 1. The zero-order valence-electron chi connectivity index (χ0n) is 11.5. The van der Waals surface area contributed by atoms with E-state index in [1.54, 1.807) is 16.7 Å². The van der Waals surface area contributed by atoms with Crippen LogP contribution in [0.3, 0.4) is 0 Å². The van der Waals surface area contributed by atoms with Gasteiger partial charge in [-0.25, -0.2) is 0 Å². The van der Waals surface area contributed by atoms with E-state index in [9.17, 15) is 4.79 Å². The Bertz CT molecular complexity index is 598. The van der Waals surface area contributed by atoms with Crippen LogP contribution in [-0.2, 0) is 6.54 Å². The van der Waals surface area contributed by atoms with Gasteiger partial charge in [0.2, 0.25) is 0 Å². The number of amides is 1. The van der Waals surface area contributed by atoms with Crippen molar-refractivity contribution in [3.05, 3.63) is 64.1 Å². The van der Waals surface area contributed by atoms with Crippen molar-refractivity contribution in [2.45, 2.75) is 11.4 Å². The van der Waals surface area contributed by atoms with Gasteiger partial charge in [-0.1, -0.05) is 28.1 Å². The highest BCUT2D eigenvalue weighted by Gasteiger charge is 2.11. The molecule has 0 unspecified atom stereocenters. The van der Waals surface area contributed by atoms with Crippen molar-refractivity contribution in [3.8, 4) is 0 Å². The maximum Gasteiger partial charge on any atom is 0.253 e. The van der Waals surface area contributed by atoms with Crippen molar-refractivity contribution in [2.75, 3.05) is 13.3 Å². The first kappa shape index (κ1) is 15.1. The molecule has 0 saturated carbocycles. The molecule has 2 aromatic rings. The summed E-state index contributed by atoms with van der Waals surface area (Å²) in [6.45, 7) is 0.600. The quantitative estimate of drug-likeness (QED) is 0.760. The van der Waals surface area contributed by atoms with Gasteiger partial charge in [-0.2, -0.15) is 0 Å². The predicted molar refractivity (Wildman–Crippen MR) is 88.2 cm³/mol. The third-order valence-electron chi connectivity index (χ3n) is 2.99. The highest BCUT2D eigenvalue weighted by atomic mass is 79.9. The van der Waals surface area contributed by atoms with Gasteiger partial charge < -0.3 is 4.90 Å². The standard InChI is InChI=1S/C16H16BrNOS/c1-18(11-12-4-3-5-14(17)10-12)16(19)13-6-8-15(20-2)9-7-13/h3-10H,11H2,1-2H3. The van der Waals surface area contributed by atoms with E-state index in [1.165, 1.54) is 0 Å². The number of carbonyl (C=O) groups excluding carboxylic acids is 1. The van der Waals surface area contributed by atoms with Crippen LogP contribution in [-0.4, -0.2) is 24.1 Å². The summed E-state index contributed by atoms with van der Waals surface area (Å²) in [5.41, 5.74) is 1.83. The summed E-state index contributed by atoms with van der Waals surface area (Å²) in [4.78, 5) is 15.2. The summed E-state index contributed by atoms with van der Waals surface area (Å²) in [7, 11) is 1.83. The zero-order valence-corrected chi connectivity index (χ0v) is 13.9. The Morgan fingerprint density at radius 1 is 1.20 bits per heavy atom. The normalized spacial score (nSPS) is 10.3. The summed E-state index contributed by atoms with van der Waals surface area (Å²) in [6.07, 6.45) is 2.02. The molecule has 0 aromatic heterocycles. The molecule has 0 bridgehead atoms. The maximum absolute atomic E-state index is 12.3. The molecule has 0 atom stereocenters. The second-order valence-electron chi connectivity index (χ2n) is 4.52. The third-order valence-corrected chi connectivity index (χ3v) is 4.23. The Balaban J connectivity index is 2.07. The van der Waals surface area contributed by atoms with Crippen LogP contribution in [0.2, 0.25) is 0 Å². The second-order valence-corrected chi connectivity index (χ2v) is 6.31. The lowest BCUT2D eigenvalue weighted by Crippen LogP contribution is -2.26. The minimum absolute atomic E-state index is 0.0395. The summed E-state index contributed by atoms with van der Waals surface area (Å²) < 4.78 is 1.03. The number of rotatable bonds is 4. The number of thioether (sulfide) groups is 1. The average Bonchev–Trinajstić information content (AvgIpc) is 2.46. The van der Waals surface area contributed by atoms with Crippen LogP contribution in [0.1, 0.15) is 15.9 Å². The van der Waals surface area contributed by atoms with Crippen LogP contribution in [0.25, 0.3) is 0 Å². The fourth-order valence-corrected chi connectivity index (χ4v) is 2.79. The van der Waals surface area contributed by atoms with Crippen LogP contribution in [0.15, 0.2) is 57.9 Å². The summed E-state index contributed by atoms with van der Waals surface area (Å²) in [5.74, 6) is 0.0395. The van der Waals surface area contributed by atoms with Crippen LogP contribution in [0, 0.1) is 0 Å². The number of hydrogen-bond donors (Lipinski definition) is 0. The molecule has 2 rings (SSSR count). The van der Waals surface area contributed by atoms with Crippen LogP contribution in [0.4, 0.5) is 0 Å². The molecule has 0 radical (unpaired) electrons. The van der Waals surface area contributed by atoms with Gasteiger partial charge in [0.1, 0.15) is 0 Å². The first-order valence-corrected chi connectivity index (χ1v) is 8.26. The van der Waals surface area contributed by atoms with Crippen LogP contribution in [0.5, 0.6) is 0 Å². The van der Waals surface area contributed by atoms with E-state index < -0.39 is 0 Å². The first-order valence-electron chi connectivity index (χ1n) is 6.24. The van der Waals surface area contributed by atoms with Gasteiger partial charge in [0.25, 0.3) is 5.91 Å². The van der Waals surface area contributed by atoms with Crippen LogP contribution < -0.4 is 0 Å². The Morgan fingerprint density at radius 3 is 2.50 bits per heavy atom. The van der Waals surface area contributed by atoms with Gasteiger partial charge in [-0.15, -0.1) is 11.8 Å². The average molecular weight is 350 g/mol. The molecule has 2 nitrogen and oxygen atoms in total. The van der Waals surface area contributed by atoms with Crippen molar-refractivity contribution in [1.82, 2.24) is 4.90 Å². The predicted octanol–water partition coefficient (Wildman–Crippen LogP) is 4.44. The summed E-state index contributed by atoms with van der Waals surface area (Å²) in [5, 5.41) is 0. The molecule has 104 valence electrons. The molecule has 4 heteroatoms. The van der Waals surface area contributed by atoms with E-state index in [2.05, 4.69) is 15.9 Å². The van der Waals surface area contributed by atoms with E-state index in [0.717, 1.165) is 20.5 Å². The van der Waals surface area contributed by atoms with Crippen molar-refractivity contribution in [3.63, 3.8) is 0 Å². The molecule has 0 fully saturated rings.